The summed E-state index contributed by atoms with van der Waals surface area (Å²) >= 11 is 5.96. The van der Waals surface area contributed by atoms with Crippen LogP contribution in [0.4, 0.5) is 5.82 Å². The molecule has 0 radical (unpaired) electrons. The van der Waals surface area contributed by atoms with Crippen LogP contribution in [0.3, 0.4) is 0 Å². The summed E-state index contributed by atoms with van der Waals surface area (Å²) in [5.74, 6) is 1.38. The molecule has 0 spiro atoms. The van der Waals surface area contributed by atoms with E-state index in [1.54, 1.807) is 24.3 Å². The van der Waals surface area contributed by atoms with E-state index in [4.69, 9.17) is 16.3 Å². The molecule has 33 heavy (non-hydrogen) atoms. The Morgan fingerprint density at radius 3 is 2.45 bits per heavy atom. The number of ether oxygens (including phenoxy) is 1. The normalized spacial score (nSPS) is 13.8. The monoisotopic (exact) mass is 458 g/mol. The highest BCUT2D eigenvalue weighted by atomic mass is 35.5. The van der Waals surface area contributed by atoms with Gasteiger partial charge in [-0.3, -0.25) is 4.79 Å². The lowest BCUT2D eigenvalue weighted by atomic mass is 10.0. The Hall–Kier alpha value is -3.64. The van der Waals surface area contributed by atoms with Crippen molar-refractivity contribution in [1.29, 1.82) is 0 Å². The van der Waals surface area contributed by atoms with Gasteiger partial charge in [-0.15, -0.1) is 10.2 Å². The molecule has 0 unspecified atom stereocenters. The zero-order valence-corrected chi connectivity index (χ0v) is 18.8. The van der Waals surface area contributed by atoms with E-state index in [-0.39, 0.29) is 12.5 Å². The maximum Gasteiger partial charge on any atom is 0.260 e. The lowest BCUT2D eigenvalue weighted by Crippen LogP contribution is -2.50. The molecule has 0 atom stereocenters. The molecule has 6 nitrogen and oxygen atoms in total. The van der Waals surface area contributed by atoms with E-state index >= 15 is 0 Å². The van der Waals surface area contributed by atoms with Crippen molar-refractivity contribution in [2.24, 2.45) is 0 Å². The zero-order valence-electron chi connectivity index (χ0n) is 18.0. The third-order valence-corrected chi connectivity index (χ3v) is 6.07. The second-order valence-corrected chi connectivity index (χ2v) is 8.35. The van der Waals surface area contributed by atoms with E-state index in [0.29, 0.717) is 37.0 Å². The minimum atomic E-state index is -0.0352. The Bertz CT molecular complexity index is 1270. The molecule has 0 saturated carbocycles. The number of fused-ring (bicyclic) bond motifs is 1. The molecule has 3 aromatic carbocycles. The van der Waals surface area contributed by atoms with Crippen molar-refractivity contribution in [2.45, 2.75) is 0 Å². The predicted molar refractivity (Wildman–Crippen MR) is 131 cm³/mol. The molecule has 0 aliphatic carbocycles. The second-order valence-electron chi connectivity index (χ2n) is 7.92. The summed E-state index contributed by atoms with van der Waals surface area (Å²) in [4.78, 5) is 16.5. The van der Waals surface area contributed by atoms with Crippen LogP contribution >= 0.6 is 11.6 Å². The van der Waals surface area contributed by atoms with Crippen molar-refractivity contribution in [2.75, 3.05) is 37.7 Å². The van der Waals surface area contributed by atoms with Gasteiger partial charge in [0.1, 0.15) is 5.75 Å². The highest BCUT2D eigenvalue weighted by molar-refractivity contribution is 6.30. The Morgan fingerprint density at radius 1 is 0.879 bits per heavy atom. The van der Waals surface area contributed by atoms with Crippen LogP contribution < -0.4 is 9.64 Å². The van der Waals surface area contributed by atoms with Crippen molar-refractivity contribution >= 4 is 34.1 Å². The molecule has 1 amide bonds. The summed E-state index contributed by atoms with van der Waals surface area (Å²) in [5.41, 5.74) is 1.92. The minimum Gasteiger partial charge on any atom is -0.484 e. The number of piperazine rings is 1. The summed E-state index contributed by atoms with van der Waals surface area (Å²) in [6.07, 6.45) is 0. The molecule has 0 bridgehead atoms. The number of hydrogen-bond donors (Lipinski definition) is 0. The first-order valence-corrected chi connectivity index (χ1v) is 11.3. The van der Waals surface area contributed by atoms with Gasteiger partial charge < -0.3 is 14.5 Å². The maximum absolute atomic E-state index is 12.5. The summed E-state index contributed by atoms with van der Waals surface area (Å²) in [5, 5.41) is 11.9. The lowest BCUT2D eigenvalue weighted by molar-refractivity contribution is -0.133. The molecular weight excluding hydrogens is 436 g/mol. The van der Waals surface area contributed by atoms with Crippen LogP contribution in [0.2, 0.25) is 5.02 Å². The highest BCUT2D eigenvalue weighted by Gasteiger charge is 2.22. The van der Waals surface area contributed by atoms with Crippen LogP contribution in [-0.4, -0.2) is 53.8 Å². The van der Waals surface area contributed by atoms with E-state index < -0.39 is 0 Å². The van der Waals surface area contributed by atoms with Crippen LogP contribution in [0.15, 0.2) is 78.9 Å². The van der Waals surface area contributed by atoms with Gasteiger partial charge in [0.05, 0.1) is 5.69 Å². The molecule has 1 aromatic heterocycles. The molecular formula is C26H23ClN4O2. The number of hydrogen-bond acceptors (Lipinski definition) is 5. The topological polar surface area (TPSA) is 58.6 Å². The van der Waals surface area contributed by atoms with Crippen LogP contribution in [0.25, 0.3) is 22.0 Å². The predicted octanol–water partition coefficient (Wildman–Crippen LogP) is 4.68. The fourth-order valence-corrected chi connectivity index (χ4v) is 4.24. The van der Waals surface area contributed by atoms with Crippen molar-refractivity contribution in [1.82, 2.24) is 15.1 Å². The number of benzene rings is 3. The summed E-state index contributed by atoms with van der Waals surface area (Å²) in [6, 6.07) is 25.6. The zero-order chi connectivity index (χ0) is 22.6. The van der Waals surface area contributed by atoms with Gasteiger partial charge in [-0.2, -0.15) is 0 Å². The summed E-state index contributed by atoms with van der Waals surface area (Å²) < 4.78 is 5.59. The number of aromatic nitrogens is 2. The van der Waals surface area contributed by atoms with Gasteiger partial charge in [-0.1, -0.05) is 60.1 Å². The molecule has 2 heterocycles. The molecule has 1 fully saturated rings. The second kappa shape index (κ2) is 9.46. The molecule has 1 saturated heterocycles. The van der Waals surface area contributed by atoms with Gasteiger partial charge in [0.2, 0.25) is 0 Å². The van der Waals surface area contributed by atoms with Crippen LogP contribution in [0.1, 0.15) is 0 Å². The molecule has 166 valence electrons. The number of halogens is 1. The molecule has 7 heteroatoms. The van der Waals surface area contributed by atoms with Crippen LogP contribution in [0.5, 0.6) is 5.75 Å². The molecule has 4 aromatic rings. The van der Waals surface area contributed by atoms with E-state index in [9.17, 15) is 4.79 Å². The Labute approximate surface area is 197 Å². The first-order valence-electron chi connectivity index (χ1n) is 10.9. The Kier molecular flexibility index (Phi) is 6.09. The number of nitrogens with zero attached hydrogens (tertiary/aromatic N) is 4. The third kappa shape index (κ3) is 4.76. The van der Waals surface area contributed by atoms with E-state index in [2.05, 4.69) is 39.4 Å². The van der Waals surface area contributed by atoms with E-state index in [0.717, 1.165) is 22.5 Å². The fraction of sp³-hybridized carbons (Fsp3) is 0.192. The van der Waals surface area contributed by atoms with Crippen LogP contribution in [0, 0.1) is 0 Å². The minimum absolute atomic E-state index is 0.000122. The standard InChI is InChI=1S/C26H23ClN4O2/c27-20-7-4-8-21(17-20)33-18-26(32)31-15-13-30(14-16-31)25-12-11-24(28-29-25)23-10-3-6-19-5-1-2-9-22(19)23/h1-12,17H,13-16,18H2. The van der Waals surface area contributed by atoms with Crippen LogP contribution in [-0.2, 0) is 4.79 Å². The smallest absolute Gasteiger partial charge is 0.260 e. The number of amides is 1. The van der Waals surface area contributed by atoms with Gasteiger partial charge >= 0.3 is 0 Å². The average molecular weight is 459 g/mol. The van der Waals surface area contributed by atoms with Gasteiger partial charge in [-0.25, -0.2) is 0 Å². The Balaban J connectivity index is 1.19. The third-order valence-electron chi connectivity index (χ3n) is 5.83. The van der Waals surface area contributed by atoms with E-state index in [1.807, 2.05) is 35.2 Å². The van der Waals surface area contributed by atoms with Crippen molar-refractivity contribution in [3.8, 4) is 17.0 Å². The summed E-state index contributed by atoms with van der Waals surface area (Å²) in [7, 11) is 0. The first-order chi connectivity index (χ1) is 16.2. The summed E-state index contributed by atoms with van der Waals surface area (Å²) in [6.45, 7) is 2.63. The maximum atomic E-state index is 12.5. The largest absolute Gasteiger partial charge is 0.484 e. The average Bonchev–Trinajstić information content (AvgIpc) is 2.87. The first kappa shape index (κ1) is 21.2. The number of rotatable bonds is 5. The highest BCUT2D eigenvalue weighted by Crippen LogP contribution is 2.27. The fourth-order valence-electron chi connectivity index (χ4n) is 4.06. The van der Waals surface area contributed by atoms with Gasteiger partial charge in [0, 0.05) is 36.8 Å². The number of carbonyl (C=O) groups excluding carboxylic acids is 1. The van der Waals surface area contributed by atoms with Gasteiger partial charge in [0.15, 0.2) is 12.4 Å². The van der Waals surface area contributed by atoms with E-state index in [1.165, 1.54) is 5.39 Å². The molecule has 1 aliphatic heterocycles. The Morgan fingerprint density at radius 2 is 1.67 bits per heavy atom. The van der Waals surface area contributed by atoms with Crippen molar-refractivity contribution in [3.63, 3.8) is 0 Å². The van der Waals surface area contributed by atoms with Crippen molar-refractivity contribution in [3.05, 3.63) is 83.9 Å². The SMILES string of the molecule is O=C(COc1cccc(Cl)c1)N1CCN(c2ccc(-c3cccc4ccccc34)nn2)CC1. The number of carbonyl (C=O) groups is 1. The van der Waals surface area contributed by atoms with Crippen molar-refractivity contribution < 1.29 is 9.53 Å². The molecule has 5 rings (SSSR count). The molecule has 0 N–H and O–H groups in total. The van der Waals surface area contributed by atoms with Gasteiger partial charge in [-0.05, 0) is 41.1 Å². The lowest BCUT2D eigenvalue weighted by Gasteiger charge is -2.35. The van der Waals surface area contributed by atoms with Gasteiger partial charge in [0.25, 0.3) is 5.91 Å². The quantitative estimate of drug-likeness (QED) is 0.434. The molecule has 1 aliphatic rings. The number of anilines is 1.